The first-order chi connectivity index (χ1) is 33.6. The summed E-state index contributed by atoms with van der Waals surface area (Å²) in [5.74, 6) is 0.990. The Kier molecular flexibility index (Phi) is 14.8. The van der Waals surface area contributed by atoms with Gasteiger partial charge in [0.05, 0.1) is 12.6 Å². The van der Waals surface area contributed by atoms with Crippen LogP contribution < -0.4 is 0 Å². The van der Waals surface area contributed by atoms with Crippen molar-refractivity contribution < 1.29 is 20.1 Å². The Hall–Kier alpha value is -7.60. The molecule has 5 nitrogen and oxygen atoms in total. The Bertz CT molecular complexity index is 3130. The van der Waals surface area contributed by atoms with Crippen LogP contribution in [-0.4, -0.2) is 15.0 Å². The maximum absolute atomic E-state index is 9.43. The quantitative estimate of drug-likeness (QED) is 0.108. The first kappa shape index (κ1) is 46.5. The van der Waals surface area contributed by atoms with Crippen LogP contribution in [0.4, 0.5) is 5.69 Å². The molecule has 0 atom stereocenters. The van der Waals surface area contributed by atoms with Gasteiger partial charge in [0.1, 0.15) is 5.69 Å². The summed E-state index contributed by atoms with van der Waals surface area (Å²) in [6, 6.07) is 68.8. The first-order valence-electron chi connectivity index (χ1n) is 23.5. The fourth-order valence-electron chi connectivity index (χ4n) is 9.77. The summed E-state index contributed by atoms with van der Waals surface area (Å²) in [6.45, 7) is 7.43. The third-order valence-corrected chi connectivity index (χ3v) is 13.4. The number of hydrogen-bond donors (Lipinski definition) is 0. The van der Waals surface area contributed by atoms with Crippen molar-refractivity contribution in [3.63, 3.8) is 0 Å². The molecule has 0 N–H and O–H groups in total. The Morgan fingerprint density at radius 1 is 0.507 bits per heavy atom. The number of aromatic nitrogens is 3. The summed E-state index contributed by atoms with van der Waals surface area (Å²) in [5, 5.41) is 9.43. The molecule has 3 heterocycles. The number of benzene rings is 6. The second kappa shape index (κ2) is 22.0. The number of rotatable bonds is 13. The fraction of sp³-hybridized carbons (Fsp3) is 0.159. The van der Waals surface area contributed by atoms with E-state index in [1.807, 2.05) is 48.8 Å². The van der Waals surface area contributed by atoms with E-state index >= 15 is 0 Å². The predicted octanol–water partition coefficient (Wildman–Crippen LogP) is 15.0. The van der Waals surface area contributed by atoms with E-state index in [9.17, 15) is 5.26 Å². The zero-order chi connectivity index (χ0) is 46.1. The molecular weight excluding hydrogens is 1020 g/mol. The van der Waals surface area contributed by atoms with Gasteiger partial charge in [0.25, 0.3) is 0 Å². The van der Waals surface area contributed by atoms with Gasteiger partial charge < -0.3 is 15.0 Å². The van der Waals surface area contributed by atoms with Crippen LogP contribution in [0, 0.1) is 36.1 Å². The summed E-state index contributed by atoms with van der Waals surface area (Å²) in [5.41, 5.74) is 18.8. The van der Waals surface area contributed by atoms with Gasteiger partial charge in [-0.25, -0.2) is 0 Å². The number of pyridine rings is 3. The molecule has 9 aromatic rings. The van der Waals surface area contributed by atoms with Gasteiger partial charge in [-0.15, -0.1) is 89.5 Å². The zero-order valence-electron chi connectivity index (χ0n) is 38.2. The van der Waals surface area contributed by atoms with Crippen LogP contribution in [0.1, 0.15) is 76.5 Å². The van der Waals surface area contributed by atoms with Gasteiger partial charge in [0.2, 0.25) is 0 Å². The summed E-state index contributed by atoms with van der Waals surface area (Å²) in [4.78, 5) is 18.3. The van der Waals surface area contributed by atoms with E-state index in [2.05, 4.69) is 138 Å². The molecule has 6 aromatic carbocycles. The molecule has 0 saturated heterocycles. The van der Waals surface area contributed by atoms with Crippen LogP contribution in [-0.2, 0) is 45.8 Å². The third-order valence-electron chi connectivity index (χ3n) is 13.4. The van der Waals surface area contributed by atoms with Crippen molar-refractivity contribution in [2.24, 2.45) is 0 Å². The normalized spacial score (nSPS) is 14.2. The van der Waals surface area contributed by atoms with E-state index in [1.54, 1.807) is 24.3 Å². The van der Waals surface area contributed by atoms with Crippen LogP contribution in [0.2, 0.25) is 0 Å². The molecule has 0 bridgehead atoms. The van der Waals surface area contributed by atoms with E-state index < -0.39 is 0 Å². The van der Waals surface area contributed by atoms with E-state index in [0.717, 1.165) is 96.3 Å². The number of nitriles is 1. The minimum absolute atomic E-state index is 0. The minimum Gasteiger partial charge on any atom is -0.305 e. The van der Waals surface area contributed by atoms with Crippen LogP contribution >= 0.6 is 0 Å². The van der Waals surface area contributed by atoms with Crippen LogP contribution in [0.3, 0.4) is 0 Å². The molecule has 0 aliphatic heterocycles. The summed E-state index contributed by atoms with van der Waals surface area (Å²) < 4.78 is 0. The molecule has 6 heteroatoms. The summed E-state index contributed by atoms with van der Waals surface area (Å²) in [7, 11) is 0. The van der Waals surface area contributed by atoms with Gasteiger partial charge in [0.15, 0.2) is 0 Å². The summed E-state index contributed by atoms with van der Waals surface area (Å²) >= 11 is 0. The maximum Gasteiger partial charge on any atom is 3.00 e. The second-order valence-electron chi connectivity index (χ2n) is 17.8. The molecule has 0 spiro atoms. The minimum atomic E-state index is 0. The Labute approximate surface area is 419 Å². The molecule has 334 valence electrons. The fourth-order valence-corrected chi connectivity index (χ4v) is 9.77. The topological polar surface area (TPSA) is 66.8 Å². The smallest absolute Gasteiger partial charge is 0.305 e. The average Bonchev–Trinajstić information content (AvgIpc) is 3.42. The van der Waals surface area contributed by atoms with Crippen molar-refractivity contribution in [3.8, 4) is 62.1 Å². The third kappa shape index (κ3) is 11.1. The first-order valence-corrected chi connectivity index (χ1v) is 23.5. The maximum atomic E-state index is 9.43. The van der Waals surface area contributed by atoms with Gasteiger partial charge >= 0.3 is 20.1 Å². The van der Waals surface area contributed by atoms with Crippen LogP contribution in [0.15, 0.2) is 182 Å². The number of aryl methyl sites for hydroxylation is 4. The molecular formula is C63H48IrN5. The second-order valence-corrected chi connectivity index (χ2v) is 17.8. The average molecular weight is 1070 g/mol. The van der Waals surface area contributed by atoms with Gasteiger partial charge in [0, 0.05) is 24.2 Å². The van der Waals surface area contributed by atoms with Gasteiger partial charge in [-0.1, -0.05) is 103 Å². The Morgan fingerprint density at radius 3 is 1.74 bits per heavy atom. The number of nitrogens with zero attached hydrogens (tertiary/aromatic N) is 5. The van der Waals surface area contributed by atoms with E-state index in [1.165, 1.54) is 44.5 Å². The van der Waals surface area contributed by atoms with Crippen molar-refractivity contribution in [2.75, 3.05) is 0 Å². The standard InChI is InChI=1S/C63H48N5.Ir/c1-65-56-19-11-18-54(38-56)62-33-27-45(42-67-62)23-25-47-34-46(24-22-44-26-32-61(66-41-44)53-17-10-12-48(37-53)40-64)35-55(36-47)57-20-8-9-21-58(57)60-43-68-63(52-15-6-3-7-16-52)39-59(60)51-30-28-50(29-31-51)49-13-4-2-5-14-49;/h2-15,19-21,26-27,32-39,41-43,50-51H,22-25,28-31H2;/q-3;+3. The molecule has 0 amide bonds. The van der Waals surface area contributed by atoms with E-state index in [4.69, 9.17) is 21.5 Å². The van der Waals surface area contributed by atoms with Crippen LogP contribution in [0.25, 0.3) is 60.9 Å². The molecule has 69 heavy (non-hydrogen) atoms. The monoisotopic (exact) mass is 1070 g/mol. The summed E-state index contributed by atoms with van der Waals surface area (Å²) in [6.07, 6.45) is 13.9. The molecule has 1 aliphatic carbocycles. The van der Waals surface area contributed by atoms with Crippen molar-refractivity contribution in [3.05, 3.63) is 251 Å². The van der Waals surface area contributed by atoms with E-state index in [0.29, 0.717) is 23.1 Å². The van der Waals surface area contributed by atoms with Crippen molar-refractivity contribution >= 4 is 5.69 Å². The molecule has 0 unspecified atom stereocenters. The SMILES string of the molecule is [C-]#[N+]c1cc[c-]c(-c2ccc(CCc3cc(CCc4ccc(-c5[c-]ccc(C#N)c5)nc4)cc(-c4ccccc4-c4cnc(-c5[c-]cccc5)cc4C4CCC(c5ccccc5)CC4)c3)cn2)c1.[Ir+3]. The van der Waals surface area contributed by atoms with Gasteiger partial charge in [-0.2, -0.15) is 11.3 Å². The molecule has 10 rings (SSSR count). The molecule has 1 aliphatic rings. The molecule has 1 saturated carbocycles. The molecule has 1 fully saturated rings. The van der Waals surface area contributed by atoms with Crippen molar-refractivity contribution in [1.82, 2.24) is 15.0 Å². The van der Waals surface area contributed by atoms with Crippen molar-refractivity contribution in [2.45, 2.75) is 63.2 Å². The largest absolute Gasteiger partial charge is 3.00 e. The predicted molar refractivity (Wildman–Crippen MR) is 273 cm³/mol. The zero-order valence-corrected chi connectivity index (χ0v) is 40.6. The molecule has 3 aromatic heterocycles. The Balaban J connectivity index is 0.00000593. The Morgan fingerprint density at radius 2 is 1.10 bits per heavy atom. The van der Waals surface area contributed by atoms with Crippen molar-refractivity contribution in [1.29, 1.82) is 5.26 Å². The number of hydrogen-bond acceptors (Lipinski definition) is 4. The molecule has 0 radical (unpaired) electrons. The van der Waals surface area contributed by atoms with Gasteiger partial charge in [-0.3, -0.25) is 4.85 Å². The van der Waals surface area contributed by atoms with Crippen LogP contribution in [0.5, 0.6) is 0 Å². The van der Waals surface area contributed by atoms with Gasteiger partial charge in [-0.05, 0) is 136 Å². The van der Waals surface area contributed by atoms with E-state index in [-0.39, 0.29) is 20.1 Å².